The van der Waals surface area contributed by atoms with Crippen LogP contribution in [0.3, 0.4) is 0 Å². The van der Waals surface area contributed by atoms with E-state index in [4.69, 9.17) is 22.1 Å². The molecule has 0 aromatic heterocycles. The molecule has 1 rings (SSSR count). The van der Waals surface area contributed by atoms with Crippen LogP contribution in [0.1, 0.15) is 25.7 Å². The van der Waals surface area contributed by atoms with E-state index in [1.165, 1.54) is 12.8 Å². The van der Waals surface area contributed by atoms with Gasteiger partial charge in [0.05, 0.1) is 11.6 Å². The standard InChI is InChI=1S/C12H18ClNO/c13-11-7-3-4-8-12(11)15-10-6-2-1-5-9-14/h3-4,7-8H,1-2,5-6,9-10,14H2. The van der Waals surface area contributed by atoms with Crippen LogP contribution in [0, 0.1) is 0 Å². The van der Waals surface area contributed by atoms with E-state index in [0.717, 1.165) is 31.7 Å². The van der Waals surface area contributed by atoms with Gasteiger partial charge in [0.2, 0.25) is 0 Å². The molecular weight excluding hydrogens is 210 g/mol. The van der Waals surface area contributed by atoms with Crippen molar-refractivity contribution in [1.29, 1.82) is 0 Å². The summed E-state index contributed by atoms with van der Waals surface area (Å²) < 4.78 is 5.55. The lowest BCUT2D eigenvalue weighted by Gasteiger charge is -2.07. The quantitative estimate of drug-likeness (QED) is 0.726. The zero-order chi connectivity index (χ0) is 10.9. The highest BCUT2D eigenvalue weighted by Gasteiger charge is 1.98. The third kappa shape index (κ3) is 5.05. The number of hydrogen-bond donors (Lipinski definition) is 1. The van der Waals surface area contributed by atoms with Crippen LogP contribution >= 0.6 is 11.6 Å². The van der Waals surface area contributed by atoms with Crippen LogP contribution in [0.15, 0.2) is 24.3 Å². The number of benzene rings is 1. The van der Waals surface area contributed by atoms with Gasteiger partial charge in [-0.05, 0) is 31.5 Å². The van der Waals surface area contributed by atoms with Gasteiger partial charge in [-0.3, -0.25) is 0 Å². The van der Waals surface area contributed by atoms with E-state index in [0.29, 0.717) is 5.02 Å². The molecule has 2 nitrogen and oxygen atoms in total. The first kappa shape index (κ1) is 12.3. The third-order valence-electron chi connectivity index (χ3n) is 2.19. The predicted molar refractivity (Wildman–Crippen MR) is 64.5 cm³/mol. The van der Waals surface area contributed by atoms with Gasteiger partial charge in [-0.1, -0.05) is 36.6 Å². The molecule has 84 valence electrons. The van der Waals surface area contributed by atoms with Crippen molar-refractivity contribution in [3.05, 3.63) is 29.3 Å². The summed E-state index contributed by atoms with van der Waals surface area (Å²) in [5.41, 5.74) is 5.41. The van der Waals surface area contributed by atoms with Gasteiger partial charge in [0.1, 0.15) is 5.75 Å². The Bertz CT molecular complexity index is 278. The van der Waals surface area contributed by atoms with Crippen LogP contribution in [-0.4, -0.2) is 13.2 Å². The lowest BCUT2D eigenvalue weighted by atomic mass is 10.2. The fourth-order valence-electron chi connectivity index (χ4n) is 1.34. The fraction of sp³-hybridized carbons (Fsp3) is 0.500. The van der Waals surface area contributed by atoms with Crippen LogP contribution in [0.2, 0.25) is 5.02 Å². The zero-order valence-electron chi connectivity index (χ0n) is 8.92. The first-order valence-corrected chi connectivity index (χ1v) is 5.80. The molecule has 1 aromatic rings. The van der Waals surface area contributed by atoms with Crippen molar-refractivity contribution in [3.8, 4) is 5.75 Å². The first-order chi connectivity index (χ1) is 7.34. The van der Waals surface area contributed by atoms with E-state index in [1.807, 2.05) is 24.3 Å². The maximum Gasteiger partial charge on any atom is 0.137 e. The van der Waals surface area contributed by atoms with Gasteiger partial charge < -0.3 is 10.5 Å². The summed E-state index contributed by atoms with van der Waals surface area (Å²) >= 11 is 5.95. The Hall–Kier alpha value is -0.730. The second-order valence-electron chi connectivity index (χ2n) is 3.48. The van der Waals surface area contributed by atoms with Gasteiger partial charge in [-0.2, -0.15) is 0 Å². The second kappa shape index (κ2) is 7.55. The molecule has 0 atom stereocenters. The number of unbranched alkanes of at least 4 members (excludes halogenated alkanes) is 3. The summed E-state index contributed by atoms with van der Waals surface area (Å²) in [7, 11) is 0. The number of rotatable bonds is 7. The largest absolute Gasteiger partial charge is 0.492 e. The predicted octanol–water partition coefficient (Wildman–Crippen LogP) is 3.24. The topological polar surface area (TPSA) is 35.2 Å². The molecule has 0 radical (unpaired) electrons. The molecule has 15 heavy (non-hydrogen) atoms. The van der Waals surface area contributed by atoms with Crippen molar-refractivity contribution < 1.29 is 4.74 Å². The molecule has 0 aliphatic rings. The normalized spacial score (nSPS) is 10.3. The average Bonchev–Trinajstić information content (AvgIpc) is 2.25. The maximum absolute atomic E-state index is 5.95. The summed E-state index contributed by atoms with van der Waals surface area (Å²) in [6.07, 6.45) is 4.52. The van der Waals surface area contributed by atoms with E-state index >= 15 is 0 Å². The summed E-state index contributed by atoms with van der Waals surface area (Å²) in [6, 6.07) is 7.56. The van der Waals surface area contributed by atoms with E-state index in [2.05, 4.69) is 0 Å². The van der Waals surface area contributed by atoms with Crippen molar-refractivity contribution in [2.24, 2.45) is 5.73 Å². The summed E-state index contributed by atoms with van der Waals surface area (Å²) in [6.45, 7) is 1.51. The van der Waals surface area contributed by atoms with Gasteiger partial charge in [-0.15, -0.1) is 0 Å². The second-order valence-corrected chi connectivity index (χ2v) is 3.89. The number of nitrogens with two attached hydrogens (primary N) is 1. The van der Waals surface area contributed by atoms with Crippen LogP contribution in [0.5, 0.6) is 5.75 Å². The van der Waals surface area contributed by atoms with Gasteiger partial charge >= 0.3 is 0 Å². The Balaban J connectivity index is 2.12. The Labute approximate surface area is 96.4 Å². The molecule has 0 unspecified atom stereocenters. The minimum Gasteiger partial charge on any atom is -0.492 e. The number of hydrogen-bond acceptors (Lipinski definition) is 2. The zero-order valence-corrected chi connectivity index (χ0v) is 9.67. The smallest absolute Gasteiger partial charge is 0.137 e. The minimum absolute atomic E-state index is 0.680. The fourth-order valence-corrected chi connectivity index (χ4v) is 1.53. The Morgan fingerprint density at radius 2 is 1.80 bits per heavy atom. The lowest BCUT2D eigenvalue weighted by Crippen LogP contribution is -2.00. The summed E-state index contributed by atoms with van der Waals surface area (Å²) in [4.78, 5) is 0. The van der Waals surface area contributed by atoms with E-state index in [9.17, 15) is 0 Å². The number of ether oxygens (including phenoxy) is 1. The molecule has 3 heteroatoms. The van der Waals surface area contributed by atoms with E-state index in [1.54, 1.807) is 0 Å². The van der Waals surface area contributed by atoms with Crippen LogP contribution < -0.4 is 10.5 Å². The van der Waals surface area contributed by atoms with Gasteiger partial charge in [0.15, 0.2) is 0 Å². The molecule has 2 N–H and O–H groups in total. The number of para-hydroxylation sites is 1. The molecule has 1 aromatic carbocycles. The molecular formula is C12H18ClNO. The van der Waals surface area contributed by atoms with Crippen molar-refractivity contribution in [2.75, 3.05) is 13.2 Å². The van der Waals surface area contributed by atoms with Crippen molar-refractivity contribution in [3.63, 3.8) is 0 Å². The van der Waals surface area contributed by atoms with Crippen LogP contribution in [0.4, 0.5) is 0 Å². The van der Waals surface area contributed by atoms with Crippen molar-refractivity contribution in [1.82, 2.24) is 0 Å². The molecule has 0 spiro atoms. The van der Waals surface area contributed by atoms with Crippen molar-refractivity contribution >= 4 is 11.6 Å². The molecule has 0 amide bonds. The highest BCUT2D eigenvalue weighted by Crippen LogP contribution is 2.23. The van der Waals surface area contributed by atoms with E-state index in [-0.39, 0.29) is 0 Å². The highest BCUT2D eigenvalue weighted by molar-refractivity contribution is 6.32. The van der Waals surface area contributed by atoms with E-state index < -0.39 is 0 Å². The van der Waals surface area contributed by atoms with Gasteiger partial charge in [-0.25, -0.2) is 0 Å². The Morgan fingerprint density at radius 1 is 1.07 bits per heavy atom. The highest BCUT2D eigenvalue weighted by atomic mass is 35.5. The molecule has 0 aliphatic heterocycles. The monoisotopic (exact) mass is 227 g/mol. The van der Waals surface area contributed by atoms with Crippen LogP contribution in [-0.2, 0) is 0 Å². The first-order valence-electron chi connectivity index (χ1n) is 5.42. The molecule has 0 aliphatic carbocycles. The van der Waals surface area contributed by atoms with Crippen molar-refractivity contribution in [2.45, 2.75) is 25.7 Å². The van der Waals surface area contributed by atoms with Gasteiger partial charge in [0.25, 0.3) is 0 Å². The van der Waals surface area contributed by atoms with Gasteiger partial charge in [0, 0.05) is 0 Å². The van der Waals surface area contributed by atoms with Crippen LogP contribution in [0.25, 0.3) is 0 Å². The lowest BCUT2D eigenvalue weighted by molar-refractivity contribution is 0.305. The number of halogens is 1. The summed E-state index contributed by atoms with van der Waals surface area (Å²) in [5.74, 6) is 0.776. The molecule has 0 saturated heterocycles. The molecule has 0 heterocycles. The molecule has 0 bridgehead atoms. The SMILES string of the molecule is NCCCCCCOc1ccccc1Cl. The third-order valence-corrected chi connectivity index (χ3v) is 2.50. The summed E-state index contributed by atoms with van der Waals surface area (Å²) in [5, 5.41) is 0.680. The maximum atomic E-state index is 5.95. The molecule has 0 saturated carbocycles. The average molecular weight is 228 g/mol. The molecule has 0 fully saturated rings. The minimum atomic E-state index is 0.680. The Kier molecular flexibility index (Phi) is 6.21. The Morgan fingerprint density at radius 3 is 2.53 bits per heavy atom.